The molecule has 6 aromatic carbocycles. The van der Waals surface area contributed by atoms with Crippen molar-refractivity contribution in [1.29, 1.82) is 0 Å². The summed E-state index contributed by atoms with van der Waals surface area (Å²) in [5.74, 6) is 3.57. The van der Waals surface area contributed by atoms with E-state index in [1.807, 2.05) is 66.7 Å². The van der Waals surface area contributed by atoms with Gasteiger partial charge >= 0.3 is 0 Å². The lowest BCUT2D eigenvalue weighted by Gasteiger charge is -2.32. The van der Waals surface area contributed by atoms with Crippen molar-refractivity contribution in [1.82, 2.24) is 15.0 Å². The third-order valence-corrected chi connectivity index (χ3v) is 9.27. The second kappa shape index (κ2) is 10.4. The van der Waals surface area contributed by atoms with Crippen LogP contribution in [-0.2, 0) is 0 Å². The van der Waals surface area contributed by atoms with Crippen LogP contribution in [0, 0.1) is 0 Å². The molecule has 5 nitrogen and oxygen atoms in total. The number of benzene rings is 6. The van der Waals surface area contributed by atoms with E-state index in [4.69, 9.17) is 19.7 Å². The number of nitrogens with zero attached hydrogens (tertiary/aromatic N) is 4. The van der Waals surface area contributed by atoms with Gasteiger partial charge < -0.3 is 9.64 Å². The highest BCUT2D eigenvalue weighted by Crippen LogP contribution is 2.50. The van der Waals surface area contributed by atoms with Gasteiger partial charge in [-0.15, -0.1) is 11.3 Å². The zero-order valence-corrected chi connectivity index (χ0v) is 24.8. The predicted octanol–water partition coefficient (Wildman–Crippen LogP) is 10.8. The molecule has 0 spiro atoms. The predicted molar refractivity (Wildman–Crippen MR) is 184 cm³/mol. The van der Waals surface area contributed by atoms with Crippen molar-refractivity contribution in [3.05, 3.63) is 146 Å². The Morgan fingerprint density at radius 2 is 0.978 bits per heavy atom. The standard InChI is InChI=1S/C39H24N4OS/c1-2-10-25(11-3-1)37-40-38(42-39(41-37)27-20-23-36-30(24-27)29-12-4-9-17-35(29)45-36)26-18-21-28(22-19-26)43-31-13-5-7-15-33(31)44-34-16-8-6-14-32(34)43/h1-24H. The number of aromatic nitrogens is 3. The molecule has 1 aliphatic rings. The number of rotatable bonds is 4. The first-order valence-corrected chi connectivity index (χ1v) is 15.6. The van der Waals surface area contributed by atoms with Crippen LogP contribution in [0.25, 0.3) is 54.3 Å². The SMILES string of the molecule is c1ccc(-c2nc(-c3ccc(N4c5ccccc5Oc5ccccc54)cc3)nc(-c3ccc4sc5ccccc5c4c3)n2)cc1. The largest absolute Gasteiger partial charge is 0.453 e. The molecule has 1 aliphatic heterocycles. The number of anilines is 3. The third-order valence-electron chi connectivity index (χ3n) is 8.12. The van der Waals surface area contributed by atoms with Gasteiger partial charge in [-0.3, -0.25) is 0 Å². The van der Waals surface area contributed by atoms with Gasteiger partial charge in [0.2, 0.25) is 0 Å². The van der Waals surface area contributed by atoms with Crippen LogP contribution in [0.3, 0.4) is 0 Å². The molecule has 0 fully saturated rings. The zero-order valence-electron chi connectivity index (χ0n) is 24.0. The fraction of sp³-hybridized carbons (Fsp3) is 0. The number of hydrogen-bond donors (Lipinski definition) is 0. The first-order valence-electron chi connectivity index (χ1n) is 14.8. The van der Waals surface area contributed by atoms with Crippen molar-refractivity contribution < 1.29 is 4.74 Å². The summed E-state index contributed by atoms with van der Waals surface area (Å²) in [6, 6.07) is 49.7. The van der Waals surface area contributed by atoms with E-state index in [0.717, 1.165) is 45.3 Å². The molecule has 9 rings (SSSR count). The Morgan fingerprint density at radius 1 is 0.444 bits per heavy atom. The summed E-state index contributed by atoms with van der Waals surface area (Å²) in [5, 5.41) is 2.46. The van der Waals surface area contributed by atoms with Crippen LogP contribution in [-0.4, -0.2) is 15.0 Å². The van der Waals surface area contributed by atoms with Crippen LogP contribution >= 0.6 is 11.3 Å². The van der Waals surface area contributed by atoms with E-state index in [1.165, 1.54) is 20.2 Å². The maximum absolute atomic E-state index is 6.21. The molecule has 6 heteroatoms. The van der Waals surface area contributed by atoms with E-state index in [9.17, 15) is 0 Å². The van der Waals surface area contributed by atoms with Crippen molar-refractivity contribution in [3.63, 3.8) is 0 Å². The van der Waals surface area contributed by atoms with Crippen molar-refractivity contribution in [2.45, 2.75) is 0 Å². The molecular weight excluding hydrogens is 573 g/mol. The molecule has 0 N–H and O–H groups in total. The molecule has 0 bridgehead atoms. The van der Waals surface area contributed by atoms with E-state index in [1.54, 1.807) is 11.3 Å². The highest BCUT2D eigenvalue weighted by atomic mass is 32.1. The lowest BCUT2D eigenvalue weighted by molar-refractivity contribution is 0.477. The first kappa shape index (κ1) is 25.6. The number of ether oxygens (including phenoxy) is 1. The van der Waals surface area contributed by atoms with Gasteiger partial charge in [-0.25, -0.2) is 15.0 Å². The summed E-state index contributed by atoms with van der Waals surface area (Å²) in [6.07, 6.45) is 0. The molecule has 0 saturated heterocycles. The Labute approximate surface area is 263 Å². The molecule has 45 heavy (non-hydrogen) atoms. The number of thiophene rings is 1. The summed E-state index contributed by atoms with van der Waals surface area (Å²) in [6.45, 7) is 0. The van der Waals surface area contributed by atoms with Gasteiger partial charge in [0.1, 0.15) is 0 Å². The molecule has 0 aliphatic carbocycles. The molecule has 0 saturated carbocycles. The maximum atomic E-state index is 6.21. The van der Waals surface area contributed by atoms with Gasteiger partial charge in [-0.05, 0) is 72.8 Å². The normalized spacial score (nSPS) is 12.1. The molecule has 0 unspecified atom stereocenters. The van der Waals surface area contributed by atoms with E-state index < -0.39 is 0 Å². The van der Waals surface area contributed by atoms with Crippen LogP contribution in [0.15, 0.2) is 146 Å². The Hall–Kier alpha value is -5.85. The van der Waals surface area contributed by atoms with E-state index in [2.05, 4.69) is 83.8 Å². The number of hydrogen-bond acceptors (Lipinski definition) is 6. The van der Waals surface area contributed by atoms with E-state index >= 15 is 0 Å². The number of para-hydroxylation sites is 4. The lowest BCUT2D eigenvalue weighted by Crippen LogP contribution is -2.15. The van der Waals surface area contributed by atoms with Crippen molar-refractivity contribution in [3.8, 4) is 45.7 Å². The molecule has 2 aromatic heterocycles. The third kappa shape index (κ3) is 4.42. The topological polar surface area (TPSA) is 51.1 Å². The average molecular weight is 597 g/mol. The van der Waals surface area contributed by atoms with Crippen molar-refractivity contribution >= 4 is 48.6 Å². The second-order valence-corrected chi connectivity index (χ2v) is 12.0. The second-order valence-electron chi connectivity index (χ2n) is 10.9. The average Bonchev–Trinajstić information content (AvgIpc) is 3.49. The van der Waals surface area contributed by atoms with Gasteiger partial charge in [0, 0.05) is 42.6 Å². The summed E-state index contributed by atoms with van der Waals surface area (Å²) >= 11 is 1.81. The van der Waals surface area contributed by atoms with Crippen molar-refractivity contribution in [2.75, 3.05) is 4.90 Å². The Morgan fingerprint density at radius 3 is 1.69 bits per heavy atom. The zero-order chi connectivity index (χ0) is 29.7. The quantitative estimate of drug-likeness (QED) is 0.202. The Kier molecular flexibility index (Phi) is 5.92. The van der Waals surface area contributed by atoms with E-state index in [-0.39, 0.29) is 0 Å². The van der Waals surface area contributed by atoms with Crippen molar-refractivity contribution in [2.24, 2.45) is 0 Å². The molecule has 8 aromatic rings. The molecular formula is C39H24N4OS. The fourth-order valence-corrected chi connectivity index (χ4v) is 7.04. The van der Waals surface area contributed by atoms with Crippen LogP contribution in [0.4, 0.5) is 17.1 Å². The van der Waals surface area contributed by atoms with Gasteiger partial charge in [-0.2, -0.15) is 0 Å². The lowest BCUT2D eigenvalue weighted by atomic mass is 10.1. The molecule has 212 valence electrons. The summed E-state index contributed by atoms with van der Waals surface area (Å²) in [5.41, 5.74) is 5.83. The highest BCUT2D eigenvalue weighted by Gasteiger charge is 2.25. The van der Waals surface area contributed by atoms with Crippen LogP contribution in [0.5, 0.6) is 11.5 Å². The van der Waals surface area contributed by atoms with Gasteiger partial charge in [0.25, 0.3) is 0 Å². The minimum atomic E-state index is 0.628. The smallest absolute Gasteiger partial charge is 0.164 e. The maximum Gasteiger partial charge on any atom is 0.164 e. The fourth-order valence-electron chi connectivity index (χ4n) is 5.96. The Bertz CT molecular complexity index is 2320. The minimum absolute atomic E-state index is 0.628. The summed E-state index contributed by atoms with van der Waals surface area (Å²) in [4.78, 5) is 17.2. The minimum Gasteiger partial charge on any atom is -0.453 e. The number of fused-ring (bicyclic) bond motifs is 5. The highest BCUT2D eigenvalue weighted by molar-refractivity contribution is 7.25. The Balaban J connectivity index is 1.16. The molecule has 3 heterocycles. The van der Waals surface area contributed by atoms with E-state index in [0.29, 0.717) is 17.5 Å². The monoisotopic (exact) mass is 596 g/mol. The van der Waals surface area contributed by atoms with Gasteiger partial charge in [0.05, 0.1) is 11.4 Å². The van der Waals surface area contributed by atoms with Crippen LogP contribution in [0.1, 0.15) is 0 Å². The van der Waals surface area contributed by atoms with Gasteiger partial charge in [0.15, 0.2) is 29.0 Å². The summed E-state index contributed by atoms with van der Waals surface area (Å²) < 4.78 is 8.73. The summed E-state index contributed by atoms with van der Waals surface area (Å²) in [7, 11) is 0. The van der Waals surface area contributed by atoms with Crippen LogP contribution < -0.4 is 9.64 Å². The van der Waals surface area contributed by atoms with Gasteiger partial charge in [-0.1, -0.05) is 72.8 Å². The first-order chi connectivity index (χ1) is 22.3. The van der Waals surface area contributed by atoms with Crippen LogP contribution in [0.2, 0.25) is 0 Å². The molecule has 0 amide bonds. The molecule has 0 radical (unpaired) electrons. The molecule has 0 atom stereocenters.